The van der Waals surface area contributed by atoms with E-state index in [1.165, 1.54) is 9.13 Å². The average Bonchev–Trinajstić information content (AvgIpc) is 3.48. The molecule has 1 amide bonds. The summed E-state index contributed by atoms with van der Waals surface area (Å²) in [6.45, 7) is 0. The first kappa shape index (κ1) is 27.5. The second kappa shape index (κ2) is 11.4. The van der Waals surface area contributed by atoms with E-state index >= 15 is 0 Å². The zero-order valence-corrected chi connectivity index (χ0v) is 23.8. The monoisotopic (exact) mass is 588 g/mol. The van der Waals surface area contributed by atoms with Crippen molar-refractivity contribution in [3.63, 3.8) is 0 Å². The SMILES string of the molecule is O=C(NC1CCC(n2c(=O)c3cc(F)cnc3n(-c3cccc(Cc4ccccc4)c3)c2=O)CC1)c1cn2ccccc2n1. The zero-order valence-electron chi connectivity index (χ0n) is 23.8. The van der Waals surface area contributed by atoms with Crippen molar-refractivity contribution in [3.8, 4) is 5.69 Å². The molecule has 2 aromatic carbocycles. The molecule has 0 aliphatic heterocycles. The van der Waals surface area contributed by atoms with Gasteiger partial charge in [-0.05, 0) is 73.6 Å². The van der Waals surface area contributed by atoms with Gasteiger partial charge < -0.3 is 9.72 Å². The molecule has 0 bridgehead atoms. The Morgan fingerprint density at radius 2 is 1.68 bits per heavy atom. The second-order valence-corrected chi connectivity index (χ2v) is 11.2. The largest absolute Gasteiger partial charge is 0.348 e. The molecule has 1 fully saturated rings. The van der Waals surface area contributed by atoms with E-state index in [0.717, 1.165) is 23.4 Å². The zero-order chi connectivity index (χ0) is 30.2. The minimum Gasteiger partial charge on any atom is -0.348 e. The smallest absolute Gasteiger partial charge is 0.337 e. The van der Waals surface area contributed by atoms with Gasteiger partial charge in [0.05, 0.1) is 17.3 Å². The molecule has 0 radical (unpaired) electrons. The van der Waals surface area contributed by atoms with Crippen LogP contribution in [0.3, 0.4) is 0 Å². The van der Waals surface area contributed by atoms with Gasteiger partial charge >= 0.3 is 5.69 Å². The summed E-state index contributed by atoms with van der Waals surface area (Å²) in [5.41, 5.74) is 2.70. The maximum atomic E-state index is 14.4. The summed E-state index contributed by atoms with van der Waals surface area (Å²) < 4.78 is 18.8. The first-order valence-corrected chi connectivity index (χ1v) is 14.7. The third-order valence-corrected chi connectivity index (χ3v) is 8.31. The molecule has 4 heterocycles. The van der Waals surface area contributed by atoms with E-state index < -0.39 is 23.1 Å². The normalized spacial score (nSPS) is 16.8. The highest BCUT2D eigenvalue weighted by molar-refractivity contribution is 5.93. The van der Waals surface area contributed by atoms with Crippen LogP contribution in [-0.2, 0) is 6.42 Å². The number of benzene rings is 2. The van der Waals surface area contributed by atoms with Crippen LogP contribution in [0.5, 0.6) is 0 Å². The van der Waals surface area contributed by atoms with Gasteiger partial charge in [-0.3, -0.25) is 14.2 Å². The van der Waals surface area contributed by atoms with Gasteiger partial charge in [0.1, 0.15) is 17.2 Å². The number of nitrogens with one attached hydrogen (secondary N) is 1. The molecular weight excluding hydrogens is 559 g/mol. The lowest BCUT2D eigenvalue weighted by molar-refractivity contribution is 0.0917. The third-order valence-electron chi connectivity index (χ3n) is 8.31. The highest BCUT2D eigenvalue weighted by atomic mass is 19.1. The Bertz CT molecular complexity index is 2090. The van der Waals surface area contributed by atoms with Gasteiger partial charge in [-0.15, -0.1) is 0 Å². The number of carbonyl (C=O) groups is 1. The summed E-state index contributed by atoms with van der Waals surface area (Å²) in [5.74, 6) is -0.915. The van der Waals surface area contributed by atoms with Crippen LogP contribution in [-0.4, -0.2) is 35.5 Å². The number of hydrogen-bond donors (Lipinski definition) is 1. The summed E-state index contributed by atoms with van der Waals surface area (Å²) >= 11 is 0. The maximum Gasteiger partial charge on any atom is 0.337 e. The maximum absolute atomic E-state index is 14.4. The fraction of sp³-hybridized carbons (Fsp3) is 0.206. The van der Waals surface area contributed by atoms with Crippen LogP contribution in [0.1, 0.15) is 53.3 Å². The predicted octanol–water partition coefficient (Wildman–Crippen LogP) is 4.84. The summed E-state index contributed by atoms with van der Waals surface area (Å²) in [6.07, 6.45) is 7.33. The third kappa shape index (κ3) is 5.19. The number of rotatable bonds is 6. The Balaban J connectivity index is 1.18. The molecule has 0 unspecified atom stereocenters. The van der Waals surface area contributed by atoms with E-state index in [1.807, 2.05) is 72.9 Å². The molecule has 44 heavy (non-hydrogen) atoms. The van der Waals surface area contributed by atoms with Gasteiger partial charge in [-0.1, -0.05) is 48.5 Å². The van der Waals surface area contributed by atoms with Crippen LogP contribution < -0.4 is 16.6 Å². The molecule has 0 saturated heterocycles. The van der Waals surface area contributed by atoms with Crippen LogP contribution >= 0.6 is 0 Å². The molecule has 10 heteroatoms. The number of hydrogen-bond acceptors (Lipinski definition) is 5. The van der Waals surface area contributed by atoms with Crippen LogP contribution in [0.4, 0.5) is 4.39 Å². The van der Waals surface area contributed by atoms with E-state index in [1.54, 1.807) is 16.7 Å². The first-order chi connectivity index (χ1) is 21.4. The Morgan fingerprint density at radius 3 is 2.48 bits per heavy atom. The van der Waals surface area contributed by atoms with Crippen LogP contribution in [0.15, 0.2) is 107 Å². The summed E-state index contributed by atoms with van der Waals surface area (Å²) in [7, 11) is 0. The van der Waals surface area contributed by atoms with Gasteiger partial charge in [0.2, 0.25) is 0 Å². The lowest BCUT2D eigenvalue weighted by Crippen LogP contribution is -2.45. The fourth-order valence-corrected chi connectivity index (χ4v) is 6.16. The summed E-state index contributed by atoms with van der Waals surface area (Å²) in [4.78, 5) is 49.3. The van der Waals surface area contributed by atoms with Crippen molar-refractivity contribution in [1.29, 1.82) is 0 Å². The molecule has 1 N–H and O–H groups in total. The van der Waals surface area contributed by atoms with E-state index in [4.69, 9.17) is 0 Å². The average molecular weight is 589 g/mol. The van der Waals surface area contributed by atoms with Crippen LogP contribution in [0.2, 0.25) is 0 Å². The fourth-order valence-electron chi connectivity index (χ4n) is 6.16. The van der Waals surface area contributed by atoms with Crippen molar-refractivity contribution in [1.82, 2.24) is 28.8 Å². The van der Waals surface area contributed by atoms with Gasteiger partial charge in [0.15, 0.2) is 5.65 Å². The Kier molecular flexibility index (Phi) is 7.09. The molecule has 1 saturated carbocycles. The minimum atomic E-state index is -0.650. The van der Waals surface area contributed by atoms with Gasteiger partial charge in [-0.2, -0.15) is 0 Å². The molecule has 0 spiro atoms. The standard InChI is InChI=1S/C34H29FN6O3/c35-24-19-28-31(36-20-24)40(27-10-6-9-23(18-27)17-22-7-2-1-3-8-22)34(44)41(33(28)43)26-14-12-25(13-15-26)37-32(42)29-21-39-16-5-4-11-30(39)38-29/h1-11,16,18-21,25-26H,12-15,17H2,(H,37,42). The molecule has 0 atom stereocenters. The molecule has 4 aromatic heterocycles. The number of halogens is 1. The predicted molar refractivity (Wildman–Crippen MR) is 165 cm³/mol. The highest BCUT2D eigenvalue weighted by Gasteiger charge is 2.28. The van der Waals surface area contributed by atoms with Crippen molar-refractivity contribution < 1.29 is 9.18 Å². The van der Waals surface area contributed by atoms with E-state index in [-0.39, 0.29) is 23.0 Å². The summed E-state index contributed by atoms with van der Waals surface area (Å²) in [5, 5.41) is 3.09. The molecule has 7 rings (SSSR count). The molecule has 1 aliphatic carbocycles. The number of imidazole rings is 1. The number of pyridine rings is 2. The molecular formula is C34H29FN6O3. The van der Waals surface area contributed by atoms with Crippen molar-refractivity contribution in [2.45, 2.75) is 44.2 Å². The molecule has 1 aliphatic rings. The minimum absolute atomic E-state index is 0.0420. The molecule has 6 aromatic rings. The van der Waals surface area contributed by atoms with E-state index in [2.05, 4.69) is 15.3 Å². The van der Waals surface area contributed by atoms with Crippen molar-refractivity contribution in [2.24, 2.45) is 0 Å². The topological polar surface area (TPSA) is 103 Å². The Morgan fingerprint density at radius 1 is 0.909 bits per heavy atom. The van der Waals surface area contributed by atoms with E-state index in [0.29, 0.717) is 49.1 Å². The summed E-state index contributed by atoms with van der Waals surface area (Å²) in [6, 6.07) is 23.7. The second-order valence-electron chi connectivity index (χ2n) is 11.2. The Hall–Kier alpha value is -5.38. The first-order valence-electron chi connectivity index (χ1n) is 14.7. The molecule has 220 valence electrons. The lowest BCUT2D eigenvalue weighted by Gasteiger charge is -2.30. The lowest BCUT2D eigenvalue weighted by atomic mass is 9.90. The number of amides is 1. The highest BCUT2D eigenvalue weighted by Crippen LogP contribution is 2.28. The molecule has 9 nitrogen and oxygen atoms in total. The van der Waals surface area contributed by atoms with Crippen molar-refractivity contribution in [2.75, 3.05) is 0 Å². The number of aromatic nitrogens is 5. The number of nitrogens with zero attached hydrogens (tertiary/aromatic N) is 5. The number of carbonyl (C=O) groups excluding carboxylic acids is 1. The van der Waals surface area contributed by atoms with Crippen LogP contribution in [0, 0.1) is 5.82 Å². The Labute approximate surface area is 251 Å². The van der Waals surface area contributed by atoms with Crippen molar-refractivity contribution in [3.05, 3.63) is 141 Å². The van der Waals surface area contributed by atoms with Gasteiger partial charge in [0.25, 0.3) is 11.5 Å². The van der Waals surface area contributed by atoms with Crippen LogP contribution in [0.25, 0.3) is 22.4 Å². The van der Waals surface area contributed by atoms with Crippen molar-refractivity contribution >= 4 is 22.6 Å². The van der Waals surface area contributed by atoms with E-state index in [9.17, 15) is 18.8 Å². The quantitative estimate of drug-likeness (QED) is 0.300. The van der Waals surface area contributed by atoms with Gasteiger partial charge in [-0.25, -0.2) is 23.7 Å². The van der Waals surface area contributed by atoms with Gasteiger partial charge in [0, 0.05) is 24.5 Å². The number of fused-ring (bicyclic) bond motifs is 2.